The third kappa shape index (κ3) is 5.67. The van der Waals surface area contributed by atoms with Gasteiger partial charge in [0.25, 0.3) is 0 Å². The molecule has 1 aliphatic heterocycles. The molecule has 0 amide bonds. The van der Waals surface area contributed by atoms with E-state index in [4.69, 9.17) is 9.47 Å². The first kappa shape index (κ1) is 22.1. The Bertz CT molecular complexity index is 824. The van der Waals surface area contributed by atoms with E-state index in [1.54, 1.807) is 0 Å². The summed E-state index contributed by atoms with van der Waals surface area (Å²) in [6.07, 6.45) is 0. The van der Waals surface area contributed by atoms with Crippen LogP contribution in [0.4, 0.5) is 5.69 Å². The van der Waals surface area contributed by atoms with Crippen molar-refractivity contribution in [3.63, 3.8) is 0 Å². The minimum atomic E-state index is 0. The molecule has 0 fully saturated rings. The first-order valence-corrected chi connectivity index (χ1v) is 9.24. The van der Waals surface area contributed by atoms with Crippen LogP contribution in [0.3, 0.4) is 0 Å². The van der Waals surface area contributed by atoms with Crippen molar-refractivity contribution in [2.45, 2.75) is 26.9 Å². The highest BCUT2D eigenvalue weighted by atomic mass is 127. The van der Waals surface area contributed by atoms with Crippen LogP contribution in [0.25, 0.3) is 0 Å². The molecule has 152 valence electrons. The molecule has 0 saturated heterocycles. The number of nitrogens with zero attached hydrogens (tertiary/aromatic N) is 2. The summed E-state index contributed by atoms with van der Waals surface area (Å²) < 4.78 is 10.8. The van der Waals surface area contributed by atoms with Gasteiger partial charge in [0.2, 0.25) is 6.79 Å². The van der Waals surface area contributed by atoms with Crippen LogP contribution < -0.4 is 25.0 Å². The van der Waals surface area contributed by atoms with Gasteiger partial charge in [-0.05, 0) is 54.8 Å². The summed E-state index contributed by atoms with van der Waals surface area (Å²) in [5.74, 6) is 2.38. The number of halogens is 1. The lowest BCUT2D eigenvalue weighted by Crippen LogP contribution is -2.37. The number of nitrogens with one attached hydrogen (secondary N) is 2. The Morgan fingerprint density at radius 3 is 2.57 bits per heavy atom. The molecule has 7 heteroatoms. The highest BCUT2D eigenvalue weighted by molar-refractivity contribution is 14.0. The van der Waals surface area contributed by atoms with Crippen molar-refractivity contribution in [1.29, 1.82) is 0 Å². The van der Waals surface area contributed by atoms with E-state index in [-0.39, 0.29) is 30.8 Å². The molecule has 0 saturated carbocycles. The van der Waals surface area contributed by atoms with Crippen LogP contribution in [-0.2, 0) is 13.1 Å². The zero-order valence-electron chi connectivity index (χ0n) is 16.9. The Labute approximate surface area is 184 Å². The molecule has 2 aromatic rings. The summed E-state index contributed by atoms with van der Waals surface area (Å²) in [6.45, 7) is 6.61. The van der Waals surface area contributed by atoms with E-state index in [0.717, 1.165) is 36.1 Å². The molecule has 0 spiro atoms. The summed E-state index contributed by atoms with van der Waals surface area (Å²) in [5.41, 5.74) is 4.82. The van der Waals surface area contributed by atoms with E-state index >= 15 is 0 Å². The normalized spacial score (nSPS) is 12.4. The Balaban J connectivity index is 0.00000280. The summed E-state index contributed by atoms with van der Waals surface area (Å²) >= 11 is 0. The molecule has 1 aliphatic rings. The van der Waals surface area contributed by atoms with E-state index in [1.165, 1.54) is 16.8 Å². The van der Waals surface area contributed by atoms with Crippen molar-refractivity contribution < 1.29 is 9.47 Å². The Morgan fingerprint density at radius 2 is 1.86 bits per heavy atom. The maximum atomic E-state index is 5.43. The van der Waals surface area contributed by atoms with Crippen LogP contribution in [0.15, 0.2) is 41.4 Å². The van der Waals surface area contributed by atoms with Crippen LogP contribution in [0.2, 0.25) is 0 Å². The average Bonchev–Trinajstić information content (AvgIpc) is 3.12. The van der Waals surface area contributed by atoms with Crippen molar-refractivity contribution in [1.82, 2.24) is 10.6 Å². The lowest BCUT2D eigenvalue weighted by Gasteiger charge is -2.16. The number of guanidine groups is 1. The van der Waals surface area contributed by atoms with Gasteiger partial charge in [-0.25, -0.2) is 4.99 Å². The molecule has 3 rings (SSSR count). The number of aryl methyl sites for hydroxylation is 1. The van der Waals surface area contributed by atoms with Gasteiger partial charge >= 0.3 is 0 Å². The maximum Gasteiger partial charge on any atom is 0.231 e. The molecule has 0 radical (unpaired) electrons. The zero-order chi connectivity index (χ0) is 19.2. The zero-order valence-corrected chi connectivity index (χ0v) is 19.2. The van der Waals surface area contributed by atoms with Gasteiger partial charge in [0, 0.05) is 32.9 Å². The van der Waals surface area contributed by atoms with Crippen LogP contribution in [0.5, 0.6) is 11.5 Å². The quantitative estimate of drug-likeness (QED) is 0.363. The molecule has 0 bridgehead atoms. The molecule has 2 N–H and O–H groups in total. The van der Waals surface area contributed by atoms with Crippen molar-refractivity contribution in [3.8, 4) is 11.5 Å². The van der Waals surface area contributed by atoms with Crippen LogP contribution in [-0.4, -0.2) is 33.4 Å². The van der Waals surface area contributed by atoms with E-state index in [9.17, 15) is 0 Å². The Morgan fingerprint density at radius 1 is 1.07 bits per heavy atom. The van der Waals surface area contributed by atoms with E-state index in [0.29, 0.717) is 6.54 Å². The molecule has 0 atom stereocenters. The number of anilines is 1. The lowest BCUT2D eigenvalue weighted by molar-refractivity contribution is 0.174. The Hall–Kier alpha value is -2.16. The van der Waals surface area contributed by atoms with Crippen molar-refractivity contribution in [3.05, 3.63) is 53.1 Å². The third-order valence-corrected chi connectivity index (χ3v) is 4.49. The predicted molar refractivity (Wildman–Crippen MR) is 125 cm³/mol. The van der Waals surface area contributed by atoms with E-state index in [2.05, 4.69) is 66.7 Å². The summed E-state index contributed by atoms with van der Waals surface area (Å²) in [5, 5.41) is 6.72. The molecule has 1 heterocycles. The summed E-state index contributed by atoms with van der Waals surface area (Å²) in [7, 11) is 4.11. The van der Waals surface area contributed by atoms with Crippen molar-refractivity contribution in [2.24, 2.45) is 4.99 Å². The van der Waals surface area contributed by atoms with Gasteiger partial charge in [-0.3, -0.25) is 0 Å². The fourth-order valence-electron chi connectivity index (χ4n) is 2.89. The van der Waals surface area contributed by atoms with E-state index in [1.807, 2.05) is 18.2 Å². The molecule has 0 unspecified atom stereocenters. The smallest absolute Gasteiger partial charge is 0.231 e. The highest BCUT2D eigenvalue weighted by Gasteiger charge is 2.13. The number of rotatable bonds is 6. The molecular formula is C21H29IN4O2. The molecule has 6 nitrogen and oxygen atoms in total. The molecule has 2 aromatic carbocycles. The van der Waals surface area contributed by atoms with E-state index < -0.39 is 0 Å². The van der Waals surface area contributed by atoms with Crippen LogP contribution >= 0.6 is 24.0 Å². The van der Waals surface area contributed by atoms with Gasteiger partial charge in [0.15, 0.2) is 17.5 Å². The second kappa shape index (κ2) is 10.4. The summed E-state index contributed by atoms with van der Waals surface area (Å²) in [6, 6.07) is 12.4. The number of ether oxygens (including phenoxy) is 2. The second-order valence-corrected chi connectivity index (χ2v) is 6.74. The largest absolute Gasteiger partial charge is 0.454 e. The number of benzene rings is 2. The lowest BCUT2D eigenvalue weighted by atomic mass is 10.1. The van der Waals surface area contributed by atoms with Gasteiger partial charge in [-0.2, -0.15) is 0 Å². The van der Waals surface area contributed by atoms with Gasteiger partial charge in [-0.1, -0.05) is 12.1 Å². The molecular weight excluding hydrogens is 467 g/mol. The number of hydrogen-bond acceptors (Lipinski definition) is 4. The average molecular weight is 496 g/mol. The topological polar surface area (TPSA) is 58.1 Å². The molecule has 0 aromatic heterocycles. The van der Waals surface area contributed by atoms with Crippen LogP contribution in [0, 0.1) is 6.92 Å². The fraction of sp³-hybridized carbons (Fsp3) is 0.381. The highest BCUT2D eigenvalue weighted by Crippen LogP contribution is 2.32. The monoisotopic (exact) mass is 496 g/mol. The first-order chi connectivity index (χ1) is 13.1. The first-order valence-electron chi connectivity index (χ1n) is 9.24. The van der Waals surface area contributed by atoms with Crippen molar-refractivity contribution >= 4 is 35.6 Å². The maximum absolute atomic E-state index is 5.43. The fourth-order valence-corrected chi connectivity index (χ4v) is 2.89. The Kier molecular flexibility index (Phi) is 8.22. The van der Waals surface area contributed by atoms with Gasteiger partial charge in [0.1, 0.15) is 0 Å². The third-order valence-electron chi connectivity index (χ3n) is 4.49. The standard InChI is InChI=1S/C21H28N4O2.HI/c1-5-22-21(23-12-16-6-9-19-20(11-16)27-14-26-19)24-13-17-7-8-18(25(3)4)10-15(17)2;/h6-11H,5,12-14H2,1-4H3,(H2,22,23,24);1H. The predicted octanol–water partition coefficient (Wildman–Crippen LogP) is 3.66. The molecule has 0 aliphatic carbocycles. The number of hydrogen-bond donors (Lipinski definition) is 2. The van der Waals surface area contributed by atoms with Crippen molar-refractivity contribution in [2.75, 3.05) is 32.3 Å². The molecule has 28 heavy (non-hydrogen) atoms. The van der Waals surface area contributed by atoms with Crippen LogP contribution in [0.1, 0.15) is 23.6 Å². The summed E-state index contributed by atoms with van der Waals surface area (Å²) in [4.78, 5) is 6.80. The van der Waals surface area contributed by atoms with Gasteiger partial charge in [0.05, 0.1) is 6.54 Å². The minimum absolute atomic E-state index is 0. The van der Waals surface area contributed by atoms with Gasteiger partial charge in [-0.15, -0.1) is 24.0 Å². The minimum Gasteiger partial charge on any atom is -0.454 e. The number of fused-ring (bicyclic) bond motifs is 1. The van der Waals surface area contributed by atoms with Gasteiger partial charge < -0.3 is 25.0 Å². The SMILES string of the molecule is CCNC(=NCc1ccc2c(c1)OCO2)NCc1ccc(N(C)C)cc1C.I. The number of aliphatic imine (C=N–C) groups is 1. The second-order valence-electron chi connectivity index (χ2n) is 6.74.